The third-order valence-corrected chi connectivity index (χ3v) is 8.00. The smallest absolute Gasteiger partial charge is 0.341 e. The minimum absolute atomic E-state index is 0.00947. The third-order valence-electron chi connectivity index (χ3n) is 8.00. The molecule has 6 nitrogen and oxygen atoms in total. The molecule has 1 N–H and O–H groups in total. The van der Waals surface area contributed by atoms with Crippen LogP contribution in [0, 0.1) is 11.3 Å². The lowest BCUT2D eigenvalue weighted by atomic mass is 9.76. The predicted octanol–water partition coefficient (Wildman–Crippen LogP) is 4.79. The molecule has 0 amide bonds. The number of carbonyl (C=O) groups is 1. The van der Waals surface area contributed by atoms with E-state index >= 15 is 0 Å². The zero-order chi connectivity index (χ0) is 22.2. The van der Waals surface area contributed by atoms with Crippen molar-refractivity contribution in [1.29, 1.82) is 0 Å². The number of ether oxygens (including phenoxy) is 2. The lowest BCUT2D eigenvalue weighted by Crippen LogP contribution is -2.32. The molecule has 168 valence electrons. The Bertz CT molecular complexity index is 1190. The Morgan fingerprint density at radius 3 is 2.84 bits per heavy atom. The summed E-state index contributed by atoms with van der Waals surface area (Å²) in [7, 11) is 0. The first-order chi connectivity index (χ1) is 15.3. The van der Waals surface area contributed by atoms with Gasteiger partial charge in [-0.15, -0.1) is 0 Å². The van der Waals surface area contributed by atoms with E-state index in [0.717, 1.165) is 59.9 Å². The summed E-state index contributed by atoms with van der Waals surface area (Å²) in [6, 6.07) is 3.78. The second kappa shape index (κ2) is 6.87. The number of benzene rings is 1. The van der Waals surface area contributed by atoms with Gasteiger partial charge in [0.05, 0.1) is 18.9 Å². The molecule has 3 heterocycles. The van der Waals surface area contributed by atoms with Crippen molar-refractivity contribution in [2.45, 2.75) is 64.3 Å². The molecule has 2 aliphatic carbocycles. The highest BCUT2D eigenvalue weighted by Crippen LogP contribution is 2.61. The fourth-order valence-electron chi connectivity index (χ4n) is 6.23. The number of carboxylic acid groups (broad SMARTS) is 1. The molecule has 6 rings (SSSR count). The van der Waals surface area contributed by atoms with Crippen LogP contribution in [0.25, 0.3) is 11.3 Å². The van der Waals surface area contributed by atoms with Crippen LogP contribution in [0.1, 0.15) is 79.4 Å². The summed E-state index contributed by atoms with van der Waals surface area (Å²) in [6.45, 7) is 5.79. The Balaban J connectivity index is 1.55. The van der Waals surface area contributed by atoms with Gasteiger partial charge in [-0.3, -0.25) is 4.79 Å². The standard InChI is InChI=1S/C26H29NO5/c1-26(2)8-5-15-17-11-21(31-9-6-14-3-4-14)23-16(7-10-32-23)22(17)19-12-20(28)18(25(29)30)13-27(19)24(15)26/h11-15,24H,3-10H2,1-2H3,(H,29,30). The minimum atomic E-state index is -1.17. The van der Waals surface area contributed by atoms with E-state index in [0.29, 0.717) is 13.2 Å². The Hall–Kier alpha value is -2.76. The normalized spacial score (nSPS) is 24.2. The number of aromatic nitrogens is 1. The number of rotatable bonds is 5. The Morgan fingerprint density at radius 1 is 1.28 bits per heavy atom. The quantitative estimate of drug-likeness (QED) is 0.731. The molecule has 1 aromatic heterocycles. The number of fused-ring (bicyclic) bond motifs is 8. The van der Waals surface area contributed by atoms with E-state index in [9.17, 15) is 14.7 Å². The molecule has 1 aromatic carbocycles. The summed E-state index contributed by atoms with van der Waals surface area (Å²) in [4.78, 5) is 24.5. The Kier molecular flexibility index (Phi) is 4.27. The molecule has 2 aromatic rings. The summed E-state index contributed by atoms with van der Waals surface area (Å²) < 4.78 is 14.4. The summed E-state index contributed by atoms with van der Waals surface area (Å²) in [5.74, 6) is 1.53. The summed E-state index contributed by atoms with van der Waals surface area (Å²) >= 11 is 0. The first-order valence-electron chi connectivity index (χ1n) is 11.8. The van der Waals surface area contributed by atoms with E-state index in [1.807, 2.05) is 0 Å². The van der Waals surface area contributed by atoms with Gasteiger partial charge in [-0.05, 0) is 42.2 Å². The molecule has 2 saturated carbocycles. The number of carboxylic acids is 1. The van der Waals surface area contributed by atoms with Gasteiger partial charge in [0.2, 0.25) is 0 Å². The maximum absolute atomic E-state index is 12.7. The number of nitrogens with zero attached hydrogens (tertiary/aromatic N) is 1. The topological polar surface area (TPSA) is 77.8 Å². The fraction of sp³-hybridized carbons (Fsp3) is 0.538. The van der Waals surface area contributed by atoms with E-state index in [1.165, 1.54) is 24.5 Å². The van der Waals surface area contributed by atoms with Gasteiger partial charge in [-0.2, -0.15) is 0 Å². The maximum atomic E-state index is 12.7. The lowest BCUT2D eigenvalue weighted by molar-refractivity contribution is 0.0693. The average Bonchev–Trinajstić information content (AvgIpc) is 3.32. The van der Waals surface area contributed by atoms with Gasteiger partial charge in [0.15, 0.2) is 16.9 Å². The zero-order valence-electron chi connectivity index (χ0n) is 18.6. The lowest BCUT2D eigenvalue weighted by Gasteiger charge is -2.40. The van der Waals surface area contributed by atoms with Crippen LogP contribution in [0.2, 0.25) is 0 Å². The monoisotopic (exact) mass is 435 g/mol. The van der Waals surface area contributed by atoms with Crippen LogP contribution in [0.5, 0.6) is 11.5 Å². The number of pyridine rings is 1. The number of hydrogen-bond acceptors (Lipinski definition) is 4. The van der Waals surface area contributed by atoms with Crippen LogP contribution >= 0.6 is 0 Å². The van der Waals surface area contributed by atoms with Gasteiger partial charge in [-0.1, -0.05) is 26.7 Å². The van der Waals surface area contributed by atoms with Crippen LogP contribution in [0.3, 0.4) is 0 Å². The molecule has 2 fully saturated rings. The number of aromatic carboxylic acids is 1. The molecule has 0 radical (unpaired) electrons. The Morgan fingerprint density at radius 2 is 2.09 bits per heavy atom. The summed E-state index contributed by atoms with van der Waals surface area (Å²) in [6.07, 6.45) is 8.13. The molecule has 2 atom stereocenters. The summed E-state index contributed by atoms with van der Waals surface area (Å²) in [5.41, 5.74) is 3.59. The highest BCUT2D eigenvalue weighted by molar-refractivity contribution is 5.88. The molecule has 0 spiro atoms. The van der Waals surface area contributed by atoms with E-state index in [1.54, 1.807) is 6.20 Å². The molecule has 0 bridgehead atoms. The fourth-order valence-corrected chi connectivity index (χ4v) is 6.23. The largest absolute Gasteiger partial charge is 0.490 e. The molecule has 4 aliphatic rings. The second-order valence-electron chi connectivity index (χ2n) is 10.6. The van der Waals surface area contributed by atoms with Gasteiger partial charge in [-0.25, -0.2) is 4.79 Å². The van der Waals surface area contributed by atoms with Crippen LogP contribution < -0.4 is 14.9 Å². The highest BCUT2D eigenvalue weighted by atomic mass is 16.5. The van der Waals surface area contributed by atoms with Crippen molar-refractivity contribution in [3.8, 4) is 22.8 Å². The van der Waals surface area contributed by atoms with Crippen molar-refractivity contribution in [1.82, 2.24) is 4.57 Å². The van der Waals surface area contributed by atoms with Gasteiger partial charge >= 0.3 is 5.97 Å². The second-order valence-corrected chi connectivity index (χ2v) is 10.6. The molecule has 6 heteroatoms. The van der Waals surface area contributed by atoms with Crippen LogP contribution in [0.4, 0.5) is 0 Å². The van der Waals surface area contributed by atoms with Crippen LogP contribution in [-0.2, 0) is 6.42 Å². The van der Waals surface area contributed by atoms with E-state index < -0.39 is 11.4 Å². The molecule has 0 saturated heterocycles. The third kappa shape index (κ3) is 2.91. The zero-order valence-corrected chi connectivity index (χ0v) is 18.6. The predicted molar refractivity (Wildman–Crippen MR) is 120 cm³/mol. The first kappa shape index (κ1) is 19.9. The SMILES string of the molecule is CC1(C)CCC2c3cc(OCCC4CC4)c4c(c3-c3cc(=O)c(C(=O)O)cn3C21)CCO4. The van der Waals surface area contributed by atoms with E-state index in [2.05, 4.69) is 24.5 Å². The van der Waals surface area contributed by atoms with E-state index in [-0.39, 0.29) is 22.9 Å². The van der Waals surface area contributed by atoms with Gasteiger partial charge < -0.3 is 19.1 Å². The van der Waals surface area contributed by atoms with Crippen molar-refractivity contribution in [3.63, 3.8) is 0 Å². The van der Waals surface area contributed by atoms with Gasteiger partial charge in [0, 0.05) is 41.8 Å². The van der Waals surface area contributed by atoms with Crippen LogP contribution in [-0.4, -0.2) is 28.9 Å². The average molecular weight is 436 g/mol. The van der Waals surface area contributed by atoms with Crippen molar-refractivity contribution < 1.29 is 19.4 Å². The van der Waals surface area contributed by atoms with Gasteiger partial charge in [0.25, 0.3) is 0 Å². The maximum Gasteiger partial charge on any atom is 0.341 e. The van der Waals surface area contributed by atoms with Gasteiger partial charge in [0.1, 0.15) is 5.56 Å². The first-order valence-corrected chi connectivity index (χ1v) is 11.8. The van der Waals surface area contributed by atoms with Crippen molar-refractivity contribution in [3.05, 3.63) is 45.2 Å². The van der Waals surface area contributed by atoms with Crippen LogP contribution in [0.15, 0.2) is 23.1 Å². The Labute approximate surface area is 187 Å². The molecule has 2 aliphatic heterocycles. The summed E-state index contributed by atoms with van der Waals surface area (Å²) in [5, 5.41) is 9.60. The highest BCUT2D eigenvalue weighted by Gasteiger charge is 2.49. The molecular weight excluding hydrogens is 406 g/mol. The molecule has 2 unspecified atom stereocenters. The number of hydrogen-bond donors (Lipinski definition) is 1. The molecular formula is C26H29NO5. The minimum Gasteiger partial charge on any atom is -0.490 e. The van der Waals surface area contributed by atoms with Crippen molar-refractivity contribution >= 4 is 5.97 Å². The van der Waals surface area contributed by atoms with Crippen molar-refractivity contribution in [2.75, 3.05) is 13.2 Å². The molecule has 32 heavy (non-hydrogen) atoms. The van der Waals surface area contributed by atoms with E-state index in [4.69, 9.17) is 9.47 Å². The van der Waals surface area contributed by atoms with Crippen molar-refractivity contribution in [2.24, 2.45) is 11.3 Å².